The van der Waals surface area contributed by atoms with Crippen LogP contribution in [0.5, 0.6) is 11.5 Å². The summed E-state index contributed by atoms with van der Waals surface area (Å²) in [7, 11) is -3.58. The number of ether oxygens (including phenoxy) is 2. The van der Waals surface area contributed by atoms with Crippen LogP contribution in [0.1, 0.15) is 0 Å². The molecule has 0 saturated carbocycles. The monoisotopic (exact) mass is 378 g/mol. The van der Waals surface area contributed by atoms with E-state index in [9.17, 15) is 21.6 Å². The van der Waals surface area contributed by atoms with Crippen LogP contribution in [0, 0.1) is 0 Å². The number of alkyl halides is 3. The van der Waals surface area contributed by atoms with E-state index in [1.54, 1.807) is 0 Å². The Bertz CT molecular complexity index is 559. The molecule has 0 saturated heterocycles. The van der Waals surface area contributed by atoms with Gasteiger partial charge < -0.3 is 9.47 Å². The molecule has 1 rings (SSSR count). The normalized spacial score (nSPS) is 12.2. The first-order valence-electron chi connectivity index (χ1n) is 5.09. The minimum absolute atomic E-state index is 0.0794. The van der Waals surface area contributed by atoms with Gasteiger partial charge in [-0.25, -0.2) is 0 Å². The number of hydrogen-bond acceptors (Lipinski definition) is 5. The first-order chi connectivity index (χ1) is 9.05. The van der Waals surface area contributed by atoms with Gasteiger partial charge in [0.15, 0.2) is 0 Å². The van der Waals surface area contributed by atoms with Crippen molar-refractivity contribution in [2.75, 3.05) is 19.5 Å². The Labute approximate surface area is 121 Å². The first-order valence-corrected chi connectivity index (χ1v) is 7.70. The van der Waals surface area contributed by atoms with E-state index in [4.69, 9.17) is 4.74 Å². The third kappa shape index (κ3) is 7.56. The molecule has 0 N–H and O–H groups in total. The van der Waals surface area contributed by atoms with Crippen molar-refractivity contribution in [3.63, 3.8) is 0 Å². The molecule has 0 bridgehead atoms. The summed E-state index contributed by atoms with van der Waals surface area (Å²) >= 11 is 3.01. The highest BCUT2D eigenvalue weighted by atomic mass is 79.9. The van der Waals surface area contributed by atoms with E-state index in [0.717, 1.165) is 18.4 Å². The van der Waals surface area contributed by atoms with Crippen molar-refractivity contribution in [2.45, 2.75) is 6.36 Å². The summed E-state index contributed by atoms with van der Waals surface area (Å²) in [4.78, 5) is 0. The predicted octanol–water partition coefficient (Wildman–Crippen LogP) is 2.70. The summed E-state index contributed by atoms with van der Waals surface area (Å²) in [6.07, 6.45) is -3.93. The van der Waals surface area contributed by atoms with Crippen LogP contribution in [0.25, 0.3) is 0 Å². The van der Waals surface area contributed by atoms with E-state index in [1.807, 2.05) is 0 Å². The second-order valence-electron chi connectivity index (χ2n) is 3.54. The van der Waals surface area contributed by atoms with Gasteiger partial charge in [-0.2, -0.15) is 8.42 Å². The molecular weight excluding hydrogens is 369 g/mol. The Morgan fingerprint density at radius 2 is 1.75 bits per heavy atom. The second-order valence-corrected chi connectivity index (χ2v) is 6.10. The maximum absolute atomic E-state index is 12.1. The summed E-state index contributed by atoms with van der Waals surface area (Å²) in [6.45, 7) is -0.393. The van der Waals surface area contributed by atoms with Crippen LogP contribution in [-0.2, 0) is 14.3 Å². The molecule has 0 radical (unpaired) electrons. The molecule has 0 atom stereocenters. The standard InChI is InChI=1S/C10H10BrF3O5S/c1-20(15,16)18-3-2-17-8-4-7(11)5-9(6-8)19-10(12,13)14/h4-6H,2-3H2,1H3. The Kier molecular flexibility index (Phi) is 5.66. The van der Waals surface area contributed by atoms with E-state index < -0.39 is 22.2 Å². The van der Waals surface area contributed by atoms with Crippen molar-refractivity contribution >= 4 is 26.0 Å². The molecule has 0 spiro atoms. The van der Waals surface area contributed by atoms with Crippen LogP contribution in [0.3, 0.4) is 0 Å². The number of rotatable bonds is 6. The van der Waals surface area contributed by atoms with E-state index in [0.29, 0.717) is 4.47 Å². The minimum Gasteiger partial charge on any atom is -0.491 e. The van der Waals surface area contributed by atoms with Gasteiger partial charge in [-0.15, -0.1) is 13.2 Å². The lowest BCUT2D eigenvalue weighted by Crippen LogP contribution is -2.17. The fourth-order valence-corrected chi connectivity index (χ4v) is 1.98. The lowest BCUT2D eigenvalue weighted by Gasteiger charge is -2.11. The molecule has 0 unspecified atom stereocenters. The van der Waals surface area contributed by atoms with Gasteiger partial charge in [0.25, 0.3) is 10.1 Å². The molecule has 1 aromatic rings. The molecule has 0 aromatic heterocycles. The summed E-state index contributed by atoms with van der Waals surface area (Å²) in [5, 5.41) is 0. The molecule has 0 aliphatic carbocycles. The van der Waals surface area contributed by atoms with Crippen LogP contribution >= 0.6 is 15.9 Å². The Morgan fingerprint density at radius 3 is 2.30 bits per heavy atom. The number of halogens is 4. The minimum atomic E-state index is -4.81. The summed E-state index contributed by atoms with van der Waals surface area (Å²) < 4.78 is 71.1. The van der Waals surface area contributed by atoms with Gasteiger partial charge >= 0.3 is 6.36 Å². The zero-order chi connectivity index (χ0) is 15.4. The van der Waals surface area contributed by atoms with Crippen LogP contribution in [0.4, 0.5) is 13.2 Å². The Morgan fingerprint density at radius 1 is 1.15 bits per heavy atom. The van der Waals surface area contributed by atoms with E-state index in [2.05, 4.69) is 24.8 Å². The fourth-order valence-electron chi connectivity index (χ4n) is 1.16. The van der Waals surface area contributed by atoms with E-state index in [-0.39, 0.29) is 19.0 Å². The van der Waals surface area contributed by atoms with E-state index in [1.165, 1.54) is 6.07 Å². The van der Waals surface area contributed by atoms with Gasteiger partial charge in [0, 0.05) is 10.5 Å². The number of hydrogen-bond donors (Lipinski definition) is 0. The maximum atomic E-state index is 12.1. The lowest BCUT2D eigenvalue weighted by molar-refractivity contribution is -0.274. The quantitative estimate of drug-likeness (QED) is 0.562. The molecule has 0 amide bonds. The zero-order valence-electron chi connectivity index (χ0n) is 10.1. The molecule has 20 heavy (non-hydrogen) atoms. The molecule has 1 aromatic carbocycles. The SMILES string of the molecule is CS(=O)(=O)OCCOc1cc(Br)cc(OC(F)(F)F)c1. The average molecular weight is 379 g/mol. The van der Waals surface area contributed by atoms with E-state index >= 15 is 0 Å². The summed E-state index contributed by atoms with van der Waals surface area (Å²) in [5.74, 6) is -0.373. The van der Waals surface area contributed by atoms with Gasteiger partial charge in [0.2, 0.25) is 0 Å². The molecule has 0 aliphatic rings. The highest BCUT2D eigenvalue weighted by Gasteiger charge is 2.31. The van der Waals surface area contributed by atoms with Crippen LogP contribution in [0.2, 0.25) is 0 Å². The maximum Gasteiger partial charge on any atom is 0.573 e. The van der Waals surface area contributed by atoms with Crippen LogP contribution in [-0.4, -0.2) is 34.2 Å². The smallest absolute Gasteiger partial charge is 0.491 e. The lowest BCUT2D eigenvalue weighted by atomic mass is 10.3. The van der Waals surface area contributed by atoms with Crippen LogP contribution < -0.4 is 9.47 Å². The molecule has 0 aliphatic heterocycles. The molecule has 114 valence electrons. The molecule has 0 heterocycles. The molecular formula is C10H10BrF3O5S. The van der Waals surface area contributed by atoms with Crippen molar-refractivity contribution in [3.05, 3.63) is 22.7 Å². The number of benzene rings is 1. The zero-order valence-corrected chi connectivity index (χ0v) is 12.5. The first kappa shape index (κ1) is 17.1. The van der Waals surface area contributed by atoms with Crippen molar-refractivity contribution in [1.82, 2.24) is 0 Å². The third-order valence-electron chi connectivity index (χ3n) is 1.73. The predicted molar refractivity (Wildman–Crippen MR) is 67.1 cm³/mol. The topological polar surface area (TPSA) is 61.8 Å². The molecule has 10 heteroatoms. The van der Waals surface area contributed by atoms with Gasteiger partial charge in [-0.3, -0.25) is 4.18 Å². The van der Waals surface area contributed by atoms with Gasteiger partial charge in [-0.1, -0.05) is 15.9 Å². The Balaban J connectivity index is 2.62. The average Bonchev–Trinajstić information content (AvgIpc) is 2.19. The van der Waals surface area contributed by atoms with Crippen molar-refractivity contribution in [3.8, 4) is 11.5 Å². The van der Waals surface area contributed by atoms with Crippen LogP contribution in [0.15, 0.2) is 22.7 Å². The molecule has 0 fully saturated rings. The Hall–Kier alpha value is -1.00. The highest BCUT2D eigenvalue weighted by Crippen LogP contribution is 2.30. The van der Waals surface area contributed by atoms with Crippen molar-refractivity contribution in [1.29, 1.82) is 0 Å². The fraction of sp³-hybridized carbons (Fsp3) is 0.400. The largest absolute Gasteiger partial charge is 0.573 e. The highest BCUT2D eigenvalue weighted by molar-refractivity contribution is 9.10. The van der Waals surface area contributed by atoms with Crippen molar-refractivity contribution < 1.29 is 35.2 Å². The van der Waals surface area contributed by atoms with Gasteiger partial charge in [0.1, 0.15) is 24.7 Å². The summed E-state index contributed by atoms with van der Waals surface area (Å²) in [6, 6.07) is 3.55. The third-order valence-corrected chi connectivity index (χ3v) is 2.78. The van der Waals surface area contributed by atoms with Gasteiger partial charge in [0.05, 0.1) is 6.26 Å². The van der Waals surface area contributed by atoms with Gasteiger partial charge in [-0.05, 0) is 12.1 Å². The summed E-state index contributed by atoms with van der Waals surface area (Å²) in [5.41, 5.74) is 0. The molecule has 5 nitrogen and oxygen atoms in total. The van der Waals surface area contributed by atoms with Crippen molar-refractivity contribution in [2.24, 2.45) is 0 Å². The second kappa shape index (κ2) is 6.64.